The average molecular weight is 267 g/mol. The van der Waals surface area contributed by atoms with E-state index in [4.69, 9.17) is 5.73 Å². The van der Waals surface area contributed by atoms with Crippen LogP contribution in [0.5, 0.6) is 0 Å². The van der Waals surface area contributed by atoms with E-state index >= 15 is 0 Å². The molecule has 1 aromatic rings. The average Bonchev–Trinajstić information content (AvgIpc) is 2.31. The Hall–Kier alpha value is -0.740. The maximum atomic E-state index is 5.99. The van der Waals surface area contributed by atoms with E-state index in [2.05, 4.69) is 44.1 Å². The molecule has 0 saturated carbocycles. The lowest BCUT2D eigenvalue weighted by molar-refractivity contribution is 0.604. The molecule has 1 rings (SSSR count). The summed E-state index contributed by atoms with van der Waals surface area (Å²) in [5.74, 6) is 3.60. The van der Waals surface area contributed by atoms with Crippen LogP contribution in [0.1, 0.15) is 37.9 Å². The van der Waals surface area contributed by atoms with Gasteiger partial charge in [0, 0.05) is 23.6 Å². The molecule has 18 heavy (non-hydrogen) atoms. The summed E-state index contributed by atoms with van der Waals surface area (Å²) in [4.78, 5) is 4.25. The predicted molar refractivity (Wildman–Crippen MR) is 82.0 cm³/mol. The number of pyridine rings is 1. The van der Waals surface area contributed by atoms with Gasteiger partial charge in [0.2, 0.25) is 0 Å². The third-order valence-electron chi connectivity index (χ3n) is 2.65. The van der Waals surface area contributed by atoms with Crippen molar-refractivity contribution in [3.8, 4) is 0 Å². The van der Waals surface area contributed by atoms with E-state index in [0.717, 1.165) is 29.3 Å². The van der Waals surface area contributed by atoms with Crippen molar-refractivity contribution in [2.75, 3.05) is 23.8 Å². The fourth-order valence-electron chi connectivity index (χ4n) is 1.81. The third kappa shape index (κ3) is 4.86. The van der Waals surface area contributed by atoms with Crippen molar-refractivity contribution < 1.29 is 0 Å². The molecule has 1 aromatic heterocycles. The fraction of sp³-hybridized carbons (Fsp3) is 0.643. The molecule has 0 aliphatic heterocycles. The summed E-state index contributed by atoms with van der Waals surface area (Å²) in [7, 11) is 0. The zero-order valence-electron chi connectivity index (χ0n) is 11.9. The molecule has 0 bridgehead atoms. The molecule has 0 aromatic carbocycles. The number of nitrogens with zero attached hydrogens (tertiary/aromatic N) is 1. The van der Waals surface area contributed by atoms with Gasteiger partial charge in [-0.15, -0.1) is 0 Å². The van der Waals surface area contributed by atoms with Gasteiger partial charge >= 0.3 is 0 Å². The van der Waals surface area contributed by atoms with Gasteiger partial charge in [0.25, 0.3) is 0 Å². The summed E-state index contributed by atoms with van der Waals surface area (Å²) in [6, 6.07) is 2.44. The molecule has 3 N–H and O–H groups in total. The molecule has 0 saturated heterocycles. The molecule has 102 valence electrons. The second-order valence-electron chi connectivity index (χ2n) is 5.03. The van der Waals surface area contributed by atoms with Crippen LogP contribution in [-0.2, 0) is 0 Å². The molecule has 0 aliphatic carbocycles. The zero-order valence-corrected chi connectivity index (χ0v) is 12.7. The van der Waals surface area contributed by atoms with Crippen LogP contribution < -0.4 is 11.1 Å². The van der Waals surface area contributed by atoms with E-state index in [-0.39, 0.29) is 0 Å². The van der Waals surface area contributed by atoms with E-state index < -0.39 is 0 Å². The number of hydrogen-bond donors (Lipinski definition) is 2. The largest absolute Gasteiger partial charge is 0.383 e. The Balaban J connectivity index is 2.73. The van der Waals surface area contributed by atoms with Crippen LogP contribution in [0.3, 0.4) is 0 Å². The van der Waals surface area contributed by atoms with Gasteiger partial charge in [-0.05, 0) is 36.8 Å². The van der Waals surface area contributed by atoms with Crippen LogP contribution in [0.15, 0.2) is 12.3 Å². The molecule has 0 spiro atoms. The summed E-state index contributed by atoms with van der Waals surface area (Å²) in [6.45, 7) is 9.62. The molecule has 0 aliphatic rings. The summed E-state index contributed by atoms with van der Waals surface area (Å²) >= 11 is 1.97. The minimum atomic E-state index is 0.297. The van der Waals surface area contributed by atoms with Crippen molar-refractivity contribution in [2.45, 2.75) is 33.7 Å². The molecule has 0 radical (unpaired) electrons. The maximum absolute atomic E-state index is 5.99. The maximum Gasteiger partial charge on any atom is 0.128 e. The molecular weight excluding hydrogens is 242 g/mol. The van der Waals surface area contributed by atoms with Crippen molar-refractivity contribution >= 4 is 17.6 Å². The van der Waals surface area contributed by atoms with Gasteiger partial charge in [-0.2, -0.15) is 11.8 Å². The van der Waals surface area contributed by atoms with E-state index in [0.29, 0.717) is 11.9 Å². The van der Waals surface area contributed by atoms with Crippen molar-refractivity contribution in [1.82, 2.24) is 10.3 Å². The third-order valence-corrected chi connectivity index (χ3v) is 4.12. The Morgan fingerprint density at radius 1 is 1.39 bits per heavy atom. The SMILES string of the molecule is CCNC(CSCC(C)C)c1cc(C)cnc1N. The fourth-order valence-corrected chi connectivity index (χ4v) is 2.95. The van der Waals surface area contributed by atoms with Crippen LogP contribution in [0, 0.1) is 12.8 Å². The minimum absolute atomic E-state index is 0.297. The Labute approximate surface area is 115 Å². The van der Waals surface area contributed by atoms with Gasteiger partial charge in [0.1, 0.15) is 5.82 Å². The summed E-state index contributed by atoms with van der Waals surface area (Å²) < 4.78 is 0. The van der Waals surface area contributed by atoms with Crippen LogP contribution in [0.25, 0.3) is 0 Å². The summed E-state index contributed by atoms with van der Waals surface area (Å²) in [6.07, 6.45) is 1.82. The van der Waals surface area contributed by atoms with Crippen molar-refractivity contribution in [1.29, 1.82) is 0 Å². The molecule has 3 nitrogen and oxygen atoms in total. The predicted octanol–water partition coefficient (Wildman–Crippen LogP) is 3.01. The molecule has 1 heterocycles. The van der Waals surface area contributed by atoms with E-state index in [1.165, 1.54) is 5.75 Å². The highest BCUT2D eigenvalue weighted by molar-refractivity contribution is 7.99. The van der Waals surface area contributed by atoms with E-state index in [9.17, 15) is 0 Å². The highest BCUT2D eigenvalue weighted by atomic mass is 32.2. The van der Waals surface area contributed by atoms with Crippen molar-refractivity contribution in [2.24, 2.45) is 5.92 Å². The lowest BCUT2D eigenvalue weighted by Crippen LogP contribution is -2.24. The van der Waals surface area contributed by atoms with Gasteiger partial charge in [-0.25, -0.2) is 4.98 Å². The Morgan fingerprint density at radius 2 is 2.11 bits per heavy atom. The number of nitrogens with one attached hydrogen (secondary N) is 1. The number of nitrogens with two attached hydrogens (primary N) is 1. The van der Waals surface area contributed by atoms with Gasteiger partial charge in [-0.1, -0.05) is 20.8 Å². The smallest absolute Gasteiger partial charge is 0.128 e. The molecule has 1 unspecified atom stereocenters. The molecule has 0 amide bonds. The lowest BCUT2D eigenvalue weighted by atomic mass is 10.1. The van der Waals surface area contributed by atoms with E-state index in [1.54, 1.807) is 0 Å². The number of rotatable bonds is 7. The molecular formula is C14H25N3S. The second-order valence-corrected chi connectivity index (χ2v) is 6.10. The number of hydrogen-bond acceptors (Lipinski definition) is 4. The zero-order chi connectivity index (χ0) is 13.5. The Morgan fingerprint density at radius 3 is 2.72 bits per heavy atom. The number of anilines is 1. The normalized spacial score (nSPS) is 12.9. The molecule has 1 atom stereocenters. The Bertz CT molecular complexity index is 366. The lowest BCUT2D eigenvalue weighted by Gasteiger charge is -2.20. The van der Waals surface area contributed by atoms with Crippen LogP contribution in [0.2, 0.25) is 0 Å². The van der Waals surface area contributed by atoms with Crippen molar-refractivity contribution in [3.05, 3.63) is 23.4 Å². The first-order valence-corrected chi connectivity index (χ1v) is 7.73. The molecule has 4 heteroatoms. The number of thioether (sulfide) groups is 1. The first-order chi connectivity index (χ1) is 8.54. The van der Waals surface area contributed by atoms with Gasteiger partial charge in [-0.3, -0.25) is 0 Å². The quantitative estimate of drug-likeness (QED) is 0.797. The number of nitrogen functional groups attached to an aromatic ring is 1. The monoisotopic (exact) mass is 267 g/mol. The Kier molecular flexibility index (Phi) is 6.50. The summed E-state index contributed by atoms with van der Waals surface area (Å²) in [5.41, 5.74) is 8.29. The van der Waals surface area contributed by atoms with E-state index in [1.807, 2.05) is 18.0 Å². The van der Waals surface area contributed by atoms with Gasteiger partial charge in [0.05, 0.1) is 0 Å². The van der Waals surface area contributed by atoms with Crippen LogP contribution >= 0.6 is 11.8 Å². The molecule has 0 fully saturated rings. The second kappa shape index (κ2) is 7.64. The van der Waals surface area contributed by atoms with Crippen molar-refractivity contribution in [3.63, 3.8) is 0 Å². The highest BCUT2D eigenvalue weighted by Crippen LogP contribution is 2.24. The summed E-state index contributed by atoms with van der Waals surface area (Å²) in [5, 5.41) is 3.50. The number of aromatic nitrogens is 1. The highest BCUT2D eigenvalue weighted by Gasteiger charge is 2.14. The van der Waals surface area contributed by atoms with Gasteiger partial charge in [0.15, 0.2) is 0 Å². The standard InChI is InChI=1S/C14H25N3S/c1-5-16-13(9-18-8-10(2)3)12-6-11(4)7-17-14(12)15/h6-7,10,13,16H,5,8-9H2,1-4H3,(H2,15,17). The first-order valence-electron chi connectivity index (χ1n) is 6.57. The number of aryl methyl sites for hydroxylation is 1. The van der Waals surface area contributed by atoms with Gasteiger partial charge < -0.3 is 11.1 Å². The minimum Gasteiger partial charge on any atom is -0.383 e. The van der Waals surface area contributed by atoms with Crippen LogP contribution in [-0.4, -0.2) is 23.0 Å². The van der Waals surface area contributed by atoms with Crippen LogP contribution in [0.4, 0.5) is 5.82 Å². The first kappa shape index (κ1) is 15.3. The topological polar surface area (TPSA) is 50.9 Å².